The van der Waals surface area contributed by atoms with Gasteiger partial charge in [-0.3, -0.25) is 4.79 Å². The Morgan fingerprint density at radius 1 is 1.10 bits per heavy atom. The van der Waals surface area contributed by atoms with Gasteiger partial charge in [0.05, 0.1) is 19.1 Å². The molecule has 1 saturated carbocycles. The third-order valence-corrected chi connectivity index (χ3v) is 13.4. The van der Waals surface area contributed by atoms with Gasteiger partial charge in [-0.15, -0.1) is 0 Å². The summed E-state index contributed by atoms with van der Waals surface area (Å²) >= 11 is 0. The molecular formula is C50H56N4O7. The largest absolute Gasteiger partial charge is 0.508 e. The Kier molecular flexibility index (Phi) is 10.9. The fraction of sp³-hybridized carbons (Fsp3) is 0.440. The van der Waals surface area contributed by atoms with Gasteiger partial charge >= 0.3 is 5.97 Å². The molecule has 4 aromatic rings. The van der Waals surface area contributed by atoms with Crippen LogP contribution in [0.15, 0.2) is 48.5 Å². The number of hydrogen-bond donors (Lipinski definition) is 5. The number of phenols is 2. The van der Waals surface area contributed by atoms with Gasteiger partial charge in [0.15, 0.2) is 11.5 Å². The molecule has 0 unspecified atom stereocenters. The lowest BCUT2D eigenvalue weighted by Crippen LogP contribution is -2.46. The molecule has 2 aliphatic carbocycles. The average molecular weight is 825 g/mol. The standard InChI is InChI=1S/C50H56N4O7/c1-27(2)16-18-53-39-13-12-36-45-31(21-40(57)47(36)60-42(39)25-52-4)7-6-8-38-30(9-14-43(51)54-38)19-29-15-17-50(23-29)24-32-20-33(56)22-41(58-5)44(32)35-11-10-34-37(26-59-28(3)55)48(45)61-49(34)46(35)50/h9-14,20-22,27,29,37,39,42,48,52-53,56-57H,7,15-19,23-26H2,1-5H3,(H2,51,54)/t29-,37+,39-,42+,48+,50+/m1/s1. The zero-order chi connectivity index (χ0) is 42.6. The van der Waals surface area contributed by atoms with Crippen molar-refractivity contribution in [2.75, 3.05) is 39.6 Å². The van der Waals surface area contributed by atoms with Crippen LogP contribution in [-0.4, -0.2) is 67.2 Å². The predicted molar refractivity (Wildman–Crippen MR) is 235 cm³/mol. The maximum absolute atomic E-state index is 12.6. The summed E-state index contributed by atoms with van der Waals surface area (Å²) in [4.78, 5) is 17.4. The van der Waals surface area contributed by atoms with Crippen LogP contribution in [0.2, 0.25) is 0 Å². The molecule has 1 fully saturated rings. The fourth-order valence-corrected chi connectivity index (χ4v) is 10.8. The summed E-state index contributed by atoms with van der Waals surface area (Å²) < 4.78 is 26.2. The Morgan fingerprint density at radius 3 is 2.74 bits per heavy atom. The maximum Gasteiger partial charge on any atom is 0.302 e. The van der Waals surface area contributed by atoms with Gasteiger partial charge in [0, 0.05) is 59.2 Å². The molecule has 1 spiro atoms. The quantitative estimate of drug-likeness (QED) is 0.0855. The number of nitrogens with one attached hydrogen (secondary N) is 2. The minimum absolute atomic E-state index is 0.0115. The topological polar surface area (TPSA) is 157 Å². The van der Waals surface area contributed by atoms with E-state index in [0.717, 1.165) is 88.9 Å². The van der Waals surface area contributed by atoms with Crippen molar-refractivity contribution < 1.29 is 34.0 Å². The van der Waals surface area contributed by atoms with E-state index in [1.807, 2.05) is 19.2 Å². The number of rotatable bonds is 9. The van der Waals surface area contributed by atoms with E-state index in [1.165, 1.54) is 6.92 Å². The number of fused-ring (bicyclic) bond motifs is 9. The van der Waals surface area contributed by atoms with Crippen molar-refractivity contribution in [1.29, 1.82) is 0 Å². The monoisotopic (exact) mass is 824 g/mol. The Hall–Kier alpha value is -5.70. The number of carbonyl (C=O) groups excluding carboxylic acids is 1. The van der Waals surface area contributed by atoms with Crippen LogP contribution in [-0.2, 0) is 34.2 Å². The highest BCUT2D eigenvalue weighted by atomic mass is 16.5. The van der Waals surface area contributed by atoms with E-state index in [9.17, 15) is 15.0 Å². The van der Waals surface area contributed by atoms with Gasteiger partial charge in [-0.05, 0) is 110 Å². The average Bonchev–Trinajstić information content (AvgIpc) is 3.73. The van der Waals surface area contributed by atoms with Gasteiger partial charge in [-0.2, -0.15) is 0 Å². The molecule has 6 N–H and O–H groups in total. The lowest BCUT2D eigenvalue weighted by Gasteiger charge is -2.39. The number of nitrogen functional groups attached to an aromatic ring is 1. The molecule has 6 atom stereocenters. The number of nitrogens with two attached hydrogens (primary N) is 1. The van der Waals surface area contributed by atoms with E-state index >= 15 is 0 Å². The number of likely N-dealkylation sites (N-methyl/N-ethyl adjacent to an activating group) is 1. The maximum atomic E-state index is 12.6. The van der Waals surface area contributed by atoms with Crippen molar-refractivity contribution in [1.82, 2.24) is 15.6 Å². The van der Waals surface area contributed by atoms with Crippen molar-refractivity contribution >= 4 is 17.9 Å². The second kappa shape index (κ2) is 16.3. The first-order valence-electron chi connectivity index (χ1n) is 21.7. The molecule has 5 aliphatic rings. The third kappa shape index (κ3) is 7.44. The minimum atomic E-state index is -0.642. The highest BCUT2D eigenvalue weighted by molar-refractivity contribution is 5.84. The van der Waals surface area contributed by atoms with Gasteiger partial charge in [0.2, 0.25) is 0 Å². The van der Waals surface area contributed by atoms with Crippen LogP contribution in [0.3, 0.4) is 0 Å². The summed E-state index contributed by atoms with van der Waals surface area (Å²) in [5, 5.41) is 29.8. The lowest BCUT2D eigenvalue weighted by molar-refractivity contribution is -0.141. The molecule has 318 valence electrons. The van der Waals surface area contributed by atoms with Gasteiger partial charge in [-0.25, -0.2) is 4.98 Å². The molecule has 4 bridgehead atoms. The Labute approximate surface area is 358 Å². The van der Waals surface area contributed by atoms with Crippen LogP contribution in [0.1, 0.15) is 103 Å². The first-order valence-corrected chi connectivity index (χ1v) is 21.7. The third-order valence-electron chi connectivity index (χ3n) is 13.4. The zero-order valence-electron chi connectivity index (χ0n) is 35.7. The molecular weight excluding hydrogens is 769 g/mol. The molecule has 0 radical (unpaired) electrons. The summed E-state index contributed by atoms with van der Waals surface area (Å²) in [7, 11) is 3.54. The Morgan fingerprint density at radius 2 is 1.95 bits per heavy atom. The lowest BCUT2D eigenvalue weighted by atomic mass is 9.65. The van der Waals surface area contributed by atoms with Crippen molar-refractivity contribution in [3.05, 3.63) is 93.2 Å². The van der Waals surface area contributed by atoms with E-state index < -0.39 is 12.0 Å². The number of esters is 1. The van der Waals surface area contributed by atoms with E-state index in [0.29, 0.717) is 53.4 Å². The number of methoxy groups -OCH3 is 1. The Bertz CT molecular complexity index is 2490. The van der Waals surface area contributed by atoms with E-state index in [2.05, 4.69) is 66.7 Å². The second-order valence-electron chi connectivity index (χ2n) is 18.0. The molecule has 0 saturated heterocycles. The molecule has 11 nitrogen and oxygen atoms in total. The summed E-state index contributed by atoms with van der Waals surface area (Å²) in [5.41, 5.74) is 15.0. The number of aromatic nitrogens is 1. The Balaban J connectivity index is 1.29. The number of aromatic hydroxyl groups is 2. The number of hydrogen-bond acceptors (Lipinski definition) is 11. The number of nitrogens with zero attached hydrogens (tertiary/aromatic N) is 1. The number of benzene rings is 3. The van der Waals surface area contributed by atoms with Gasteiger partial charge < -0.3 is 45.5 Å². The zero-order valence-corrected chi connectivity index (χ0v) is 35.7. The molecule has 11 heteroatoms. The number of pyridine rings is 1. The molecule has 0 amide bonds. The van der Waals surface area contributed by atoms with E-state index in [4.69, 9.17) is 29.7 Å². The first kappa shape index (κ1) is 40.7. The van der Waals surface area contributed by atoms with Crippen LogP contribution in [0.4, 0.5) is 5.82 Å². The van der Waals surface area contributed by atoms with Crippen LogP contribution >= 0.6 is 0 Å². The second-order valence-corrected chi connectivity index (χ2v) is 18.0. The number of carbonyl (C=O) groups is 1. The highest BCUT2D eigenvalue weighted by Gasteiger charge is 2.51. The molecule has 4 heterocycles. The number of ether oxygens (including phenoxy) is 4. The minimum Gasteiger partial charge on any atom is -0.508 e. The van der Waals surface area contributed by atoms with Gasteiger partial charge in [0.1, 0.15) is 47.6 Å². The normalized spacial score (nSPS) is 24.0. The fourth-order valence-electron chi connectivity index (χ4n) is 10.8. The molecule has 61 heavy (non-hydrogen) atoms. The molecule has 3 aromatic carbocycles. The molecule has 3 aliphatic heterocycles. The molecule has 9 rings (SSSR count). The first-order chi connectivity index (χ1) is 29.5. The summed E-state index contributed by atoms with van der Waals surface area (Å²) in [6.45, 7) is 7.28. The van der Waals surface area contributed by atoms with E-state index in [1.54, 1.807) is 19.2 Å². The van der Waals surface area contributed by atoms with Crippen molar-refractivity contribution in [2.45, 2.75) is 95.3 Å². The van der Waals surface area contributed by atoms with Crippen molar-refractivity contribution in [3.8, 4) is 51.7 Å². The number of phenolic OH excluding ortho intramolecular Hbond substituents is 2. The SMILES string of the molecule is CNC[C@@H]1Oc2c(O)cc3c(c2C=C[C@H]1NCCC(C)C)[C@H]1Oc2c(ccc4c2[C@]2(CC[C@H](Cc5ccc(N)nc5C#CC3)C2)Cc2cc(O)cc(OC)c2-4)[C@@H]1COC(C)=O. The van der Waals surface area contributed by atoms with Crippen molar-refractivity contribution in [2.24, 2.45) is 11.8 Å². The predicted octanol–water partition coefficient (Wildman–Crippen LogP) is 7.27. The van der Waals surface area contributed by atoms with Crippen LogP contribution < -0.4 is 30.6 Å². The smallest absolute Gasteiger partial charge is 0.302 e. The number of anilines is 1. The van der Waals surface area contributed by atoms with Gasteiger partial charge in [-0.1, -0.05) is 50.1 Å². The van der Waals surface area contributed by atoms with Crippen LogP contribution in [0, 0.1) is 23.7 Å². The highest BCUT2D eigenvalue weighted by Crippen LogP contribution is 2.63. The van der Waals surface area contributed by atoms with Crippen LogP contribution in [0.25, 0.3) is 17.2 Å². The summed E-state index contributed by atoms with van der Waals surface area (Å²) in [5.74, 6) is 9.23. The van der Waals surface area contributed by atoms with E-state index in [-0.39, 0.29) is 48.1 Å². The van der Waals surface area contributed by atoms with Gasteiger partial charge in [0.25, 0.3) is 0 Å². The summed E-state index contributed by atoms with van der Waals surface area (Å²) in [6, 6.07) is 13.4. The summed E-state index contributed by atoms with van der Waals surface area (Å²) in [6.07, 6.45) is 8.72. The van der Waals surface area contributed by atoms with Crippen molar-refractivity contribution in [3.63, 3.8) is 0 Å². The molecule has 1 aromatic heterocycles. The van der Waals surface area contributed by atoms with Crippen LogP contribution in [0.5, 0.6) is 28.7 Å².